The minimum atomic E-state index is -0.494. The van der Waals surface area contributed by atoms with Gasteiger partial charge in [0.1, 0.15) is 5.60 Å². The van der Waals surface area contributed by atoms with Gasteiger partial charge in [0.15, 0.2) is 0 Å². The number of hydrogen-bond acceptors (Lipinski definition) is 3. The van der Waals surface area contributed by atoms with E-state index in [9.17, 15) is 9.59 Å². The zero-order chi connectivity index (χ0) is 16.2. The number of carbonyl (C=O) groups excluding carboxylic acids is 2. The Morgan fingerprint density at radius 1 is 1.27 bits per heavy atom. The van der Waals surface area contributed by atoms with Crippen molar-refractivity contribution >= 4 is 12.0 Å². The van der Waals surface area contributed by atoms with E-state index in [1.54, 1.807) is 4.90 Å². The fraction of sp³-hybridized carbons (Fsp3) is 0.529. The Morgan fingerprint density at radius 2 is 1.95 bits per heavy atom. The van der Waals surface area contributed by atoms with Crippen molar-refractivity contribution in [2.75, 3.05) is 13.1 Å². The quantitative estimate of drug-likeness (QED) is 0.932. The molecule has 1 aromatic rings. The first-order valence-corrected chi connectivity index (χ1v) is 7.65. The second-order valence-corrected chi connectivity index (χ2v) is 6.64. The lowest BCUT2D eigenvalue weighted by atomic mass is 10.1. The molecule has 0 aromatic heterocycles. The molecule has 1 N–H and O–H groups in total. The van der Waals surface area contributed by atoms with Crippen LogP contribution in [-0.2, 0) is 16.0 Å². The number of hydrogen-bond donors (Lipinski definition) is 1. The monoisotopic (exact) mass is 304 g/mol. The number of likely N-dealkylation sites (tertiary alicyclic amines) is 1. The normalized spacial score (nSPS) is 18.1. The molecule has 2 amide bonds. The van der Waals surface area contributed by atoms with Gasteiger partial charge >= 0.3 is 6.09 Å². The molecule has 1 atom stereocenters. The molecule has 120 valence electrons. The summed E-state index contributed by atoms with van der Waals surface area (Å²) in [5.74, 6) is -0.0118. The Balaban J connectivity index is 1.79. The molecule has 0 radical (unpaired) electrons. The van der Waals surface area contributed by atoms with Crippen LogP contribution >= 0.6 is 0 Å². The third-order valence-electron chi connectivity index (χ3n) is 3.41. The maximum Gasteiger partial charge on any atom is 0.410 e. The van der Waals surface area contributed by atoms with Crippen LogP contribution in [0, 0.1) is 0 Å². The Morgan fingerprint density at radius 3 is 2.59 bits per heavy atom. The van der Waals surface area contributed by atoms with Gasteiger partial charge in [-0.3, -0.25) is 4.79 Å². The standard InChI is InChI=1S/C17H24N2O3/c1-17(2,3)22-16(21)19-10-9-14(12-19)18-15(20)11-13-7-5-4-6-8-13/h4-8,14H,9-12H2,1-3H3,(H,18,20). The summed E-state index contributed by atoms with van der Waals surface area (Å²) in [5, 5.41) is 2.99. The van der Waals surface area contributed by atoms with Crippen LogP contribution in [0.5, 0.6) is 0 Å². The average Bonchev–Trinajstić information content (AvgIpc) is 2.86. The number of nitrogens with zero attached hydrogens (tertiary/aromatic N) is 1. The summed E-state index contributed by atoms with van der Waals surface area (Å²) in [5.41, 5.74) is 0.494. The fourth-order valence-electron chi connectivity index (χ4n) is 2.43. The molecule has 2 rings (SSSR count). The first-order valence-electron chi connectivity index (χ1n) is 7.65. The summed E-state index contributed by atoms with van der Waals surface area (Å²) in [6.07, 6.45) is 0.816. The van der Waals surface area contributed by atoms with E-state index in [4.69, 9.17) is 4.74 Å². The minimum Gasteiger partial charge on any atom is -0.444 e. The summed E-state index contributed by atoms with van der Waals surface area (Å²) in [7, 11) is 0. The van der Waals surface area contributed by atoms with E-state index < -0.39 is 5.60 Å². The van der Waals surface area contributed by atoms with Gasteiger partial charge in [-0.15, -0.1) is 0 Å². The van der Waals surface area contributed by atoms with E-state index in [0.717, 1.165) is 12.0 Å². The number of amides is 2. The number of nitrogens with one attached hydrogen (secondary N) is 1. The SMILES string of the molecule is CC(C)(C)OC(=O)N1CCC(NC(=O)Cc2ccccc2)C1. The second kappa shape index (κ2) is 6.81. The molecule has 1 saturated heterocycles. The van der Waals surface area contributed by atoms with Crippen LogP contribution in [0.25, 0.3) is 0 Å². The summed E-state index contributed by atoms with van der Waals surface area (Å²) in [4.78, 5) is 25.7. The predicted octanol–water partition coefficient (Wildman–Crippen LogP) is 2.35. The van der Waals surface area contributed by atoms with Gasteiger partial charge in [0.25, 0.3) is 0 Å². The first kappa shape index (κ1) is 16.3. The van der Waals surface area contributed by atoms with Gasteiger partial charge < -0.3 is 15.0 Å². The molecule has 22 heavy (non-hydrogen) atoms. The molecule has 5 heteroatoms. The Kier molecular flexibility index (Phi) is 5.06. The highest BCUT2D eigenvalue weighted by Gasteiger charge is 2.30. The van der Waals surface area contributed by atoms with Crippen LogP contribution in [0.4, 0.5) is 4.79 Å². The lowest BCUT2D eigenvalue weighted by Crippen LogP contribution is -2.40. The zero-order valence-electron chi connectivity index (χ0n) is 13.5. The number of carbonyl (C=O) groups is 2. The number of ether oxygens (including phenoxy) is 1. The van der Waals surface area contributed by atoms with Crippen LogP contribution in [0.3, 0.4) is 0 Å². The van der Waals surface area contributed by atoms with Gasteiger partial charge in [-0.25, -0.2) is 4.79 Å². The summed E-state index contributed by atoms with van der Waals surface area (Å²) >= 11 is 0. The van der Waals surface area contributed by atoms with E-state index in [1.165, 1.54) is 0 Å². The van der Waals surface area contributed by atoms with Gasteiger partial charge in [0, 0.05) is 19.1 Å². The predicted molar refractivity (Wildman–Crippen MR) is 84.5 cm³/mol. The van der Waals surface area contributed by atoms with Crippen molar-refractivity contribution in [1.82, 2.24) is 10.2 Å². The van der Waals surface area contributed by atoms with Crippen molar-refractivity contribution in [2.45, 2.75) is 45.3 Å². The van der Waals surface area contributed by atoms with Crippen LogP contribution in [0.15, 0.2) is 30.3 Å². The third kappa shape index (κ3) is 5.06. The molecule has 5 nitrogen and oxygen atoms in total. The molecular formula is C17H24N2O3. The van der Waals surface area contributed by atoms with Crippen LogP contribution in [0.2, 0.25) is 0 Å². The number of benzene rings is 1. The van der Waals surface area contributed by atoms with Gasteiger partial charge in [0.2, 0.25) is 5.91 Å². The Bertz CT molecular complexity index is 522. The molecule has 1 fully saturated rings. The summed E-state index contributed by atoms with van der Waals surface area (Å²) in [6, 6.07) is 9.63. The topological polar surface area (TPSA) is 58.6 Å². The zero-order valence-corrected chi connectivity index (χ0v) is 13.5. The lowest BCUT2D eigenvalue weighted by molar-refractivity contribution is -0.121. The molecule has 1 unspecified atom stereocenters. The van der Waals surface area contributed by atoms with Crippen LogP contribution in [0.1, 0.15) is 32.8 Å². The Hall–Kier alpha value is -2.04. The van der Waals surface area contributed by atoms with Crippen LogP contribution < -0.4 is 5.32 Å². The molecule has 1 aliphatic rings. The van der Waals surface area contributed by atoms with E-state index in [0.29, 0.717) is 19.5 Å². The van der Waals surface area contributed by atoms with Crippen molar-refractivity contribution in [3.05, 3.63) is 35.9 Å². The second-order valence-electron chi connectivity index (χ2n) is 6.64. The molecule has 0 spiro atoms. The molecule has 0 aliphatic carbocycles. The van der Waals surface area contributed by atoms with E-state index in [1.807, 2.05) is 51.1 Å². The summed E-state index contributed by atoms with van der Waals surface area (Å²) in [6.45, 7) is 6.67. The van der Waals surface area contributed by atoms with Crippen molar-refractivity contribution < 1.29 is 14.3 Å². The highest BCUT2D eigenvalue weighted by atomic mass is 16.6. The van der Waals surface area contributed by atoms with Crippen molar-refractivity contribution in [3.63, 3.8) is 0 Å². The Labute approximate surface area is 131 Å². The van der Waals surface area contributed by atoms with Crippen LogP contribution in [-0.4, -0.2) is 41.6 Å². The third-order valence-corrected chi connectivity index (χ3v) is 3.41. The van der Waals surface area contributed by atoms with Crippen molar-refractivity contribution in [1.29, 1.82) is 0 Å². The molecule has 0 saturated carbocycles. The maximum atomic E-state index is 12.0. The first-order chi connectivity index (χ1) is 10.3. The van der Waals surface area contributed by atoms with E-state index in [-0.39, 0.29) is 18.0 Å². The smallest absolute Gasteiger partial charge is 0.410 e. The van der Waals surface area contributed by atoms with Gasteiger partial charge in [-0.1, -0.05) is 30.3 Å². The lowest BCUT2D eigenvalue weighted by Gasteiger charge is -2.24. The van der Waals surface area contributed by atoms with Gasteiger partial charge in [0.05, 0.1) is 6.42 Å². The minimum absolute atomic E-state index is 0.00345. The van der Waals surface area contributed by atoms with E-state index in [2.05, 4.69) is 5.32 Å². The largest absolute Gasteiger partial charge is 0.444 e. The highest BCUT2D eigenvalue weighted by Crippen LogP contribution is 2.15. The van der Waals surface area contributed by atoms with Gasteiger partial charge in [-0.2, -0.15) is 0 Å². The number of rotatable bonds is 3. The molecular weight excluding hydrogens is 280 g/mol. The maximum absolute atomic E-state index is 12.0. The highest BCUT2D eigenvalue weighted by molar-refractivity contribution is 5.79. The van der Waals surface area contributed by atoms with E-state index >= 15 is 0 Å². The summed E-state index contributed by atoms with van der Waals surface area (Å²) < 4.78 is 5.34. The van der Waals surface area contributed by atoms with Crippen molar-refractivity contribution in [3.8, 4) is 0 Å². The van der Waals surface area contributed by atoms with Crippen molar-refractivity contribution in [2.24, 2.45) is 0 Å². The molecule has 1 aromatic carbocycles. The average molecular weight is 304 g/mol. The fourth-order valence-corrected chi connectivity index (χ4v) is 2.43. The molecule has 1 heterocycles. The molecule has 0 bridgehead atoms. The van der Waals surface area contributed by atoms with Gasteiger partial charge in [-0.05, 0) is 32.8 Å². The molecule has 1 aliphatic heterocycles.